The Labute approximate surface area is 114 Å². The van der Waals surface area contributed by atoms with Crippen LogP contribution in [-0.2, 0) is 13.0 Å². The predicted molar refractivity (Wildman–Crippen MR) is 78.3 cm³/mol. The summed E-state index contributed by atoms with van der Waals surface area (Å²) >= 11 is 5.87. The number of fused-ring (bicyclic) bond motifs is 1. The van der Waals surface area contributed by atoms with Crippen molar-refractivity contribution >= 4 is 22.6 Å². The molecule has 0 atom stereocenters. The van der Waals surface area contributed by atoms with E-state index in [1.165, 1.54) is 31.2 Å². The quantitative estimate of drug-likeness (QED) is 0.535. The van der Waals surface area contributed by atoms with E-state index < -0.39 is 0 Å². The monoisotopic (exact) mass is 264 g/mol. The minimum absolute atomic E-state index is 0.637. The molecule has 0 unspecified atom stereocenters. The van der Waals surface area contributed by atoms with E-state index in [0.29, 0.717) is 5.88 Å². The number of alkyl halides is 1. The molecule has 2 rings (SSSR count). The lowest BCUT2D eigenvalue weighted by molar-refractivity contribution is 0.576. The minimum Gasteiger partial charge on any atom is -0.328 e. The van der Waals surface area contributed by atoms with E-state index in [-0.39, 0.29) is 0 Å². The van der Waals surface area contributed by atoms with Crippen LogP contribution in [0.5, 0.6) is 0 Å². The normalized spacial score (nSPS) is 11.2. The molecule has 0 spiro atoms. The first-order valence-electron chi connectivity index (χ1n) is 6.87. The fraction of sp³-hybridized carbons (Fsp3) is 0.533. The summed E-state index contributed by atoms with van der Waals surface area (Å²) in [5.41, 5.74) is 2.34. The number of aromatic nitrogens is 2. The van der Waals surface area contributed by atoms with Gasteiger partial charge in [0.05, 0.1) is 11.0 Å². The summed E-state index contributed by atoms with van der Waals surface area (Å²) in [6.45, 7) is 3.30. The summed E-state index contributed by atoms with van der Waals surface area (Å²) in [5, 5.41) is 0. The lowest BCUT2D eigenvalue weighted by Crippen LogP contribution is -2.04. The number of rotatable bonds is 7. The highest BCUT2D eigenvalue weighted by Crippen LogP contribution is 2.18. The fourth-order valence-corrected chi connectivity index (χ4v) is 2.52. The van der Waals surface area contributed by atoms with E-state index in [1.807, 2.05) is 6.07 Å². The van der Waals surface area contributed by atoms with Gasteiger partial charge in [0.15, 0.2) is 0 Å². The molecule has 1 aromatic heterocycles. The largest absolute Gasteiger partial charge is 0.328 e. The average Bonchev–Trinajstić information content (AvgIpc) is 2.73. The lowest BCUT2D eigenvalue weighted by Gasteiger charge is -2.08. The summed E-state index contributed by atoms with van der Waals surface area (Å²) in [5.74, 6) is 1.76. The molecule has 0 aliphatic rings. The molecule has 0 bridgehead atoms. The fourth-order valence-electron chi connectivity index (χ4n) is 2.35. The van der Waals surface area contributed by atoms with E-state index >= 15 is 0 Å². The molecule has 2 nitrogen and oxygen atoms in total. The van der Waals surface area contributed by atoms with Crippen molar-refractivity contribution in [2.24, 2.45) is 0 Å². The number of hydrogen-bond donors (Lipinski definition) is 0. The molecule has 1 heterocycles. The zero-order valence-electron chi connectivity index (χ0n) is 11.0. The van der Waals surface area contributed by atoms with Gasteiger partial charge in [0.1, 0.15) is 5.82 Å². The lowest BCUT2D eigenvalue weighted by atomic mass is 10.2. The molecule has 0 fully saturated rings. The van der Waals surface area contributed by atoms with Crippen LogP contribution < -0.4 is 0 Å². The maximum atomic E-state index is 5.87. The summed E-state index contributed by atoms with van der Waals surface area (Å²) in [6.07, 6.45) is 5.97. The first kappa shape index (κ1) is 13.4. The van der Waals surface area contributed by atoms with Crippen molar-refractivity contribution in [2.45, 2.75) is 45.6 Å². The first-order valence-corrected chi connectivity index (χ1v) is 7.40. The van der Waals surface area contributed by atoms with Crippen molar-refractivity contribution in [3.05, 3.63) is 30.1 Å². The number of nitrogens with zero attached hydrogens (tertiary/aromatic N) is 2. The zero-order chi connectivity index (χ0) is 12.8. The van der Waals surface area contributed by atoms with Crippen molar-refractivity contribution in [2.75, 3.05) is 5.88 Å². The Morgan fingerprint density at radius 1 is 1.17 bits per heavy atom. The highest BCUT2D eigenvalue weighted by Gasteiger charge is 2.09. The summed E-state index contributed by atoms with van der Waals surface area (Å²) < 4.78 is 2.34. The highest BCUT2D eigenvalue weighted by molar-refractivity contribution is 6.17. The predicted octanol–water partition coefficient (Wildman–Crippen LogP) is 4.40. The molecular weight excluding hydrogens is 244 g/mol. The van der Waals surface area contributed by atoms with Gasteiger partial charge >= 0.3 is 0 Å². The average molecular weight is 265 g/mol. The maximum Gasteiger partial charge on any atom is 0.111 e. The molecule has 0 amide bonds. The smallest absolute Gasteiger partial charge is 0.111 e. The Bertz CT molecular complexity index is 490. The molecule has 0 N–H and O–H groups in total. The number of unbranched alkanes of at least 4 members (excludes halogenated alkanes) is 3. The minimum atomic E-state index is 0.637. The Kier molecular flexibility index (Phi) is 5.06. The number of benzene rings is 1. The van der Waals surface area contributed by atoms with Gasteiger partial charge in [-0.1, -0.05) is 38.3 Å². The third-order valence-corrected chi connectivity index (χ3v) is 3.48. The molecule has 0 radical (unpaired) electrons. The van der Waals surface area contributed by atoms with Gasteiger partial charge in [-0.25, -0.2) is 4.98 Å². The second-order valence-electron chi connectivity index (χ2n) is 4.67. The number of hydrogen-bond acceptors (Lipinski definition) is 1. The number of aryl methyl sites for hydroxylation is 2. The summed E-state index contributed by atoms with van der Waals surface area (Å²) in [7, 11) is 0. The van der Waals surface area contributed by atoms with Crippen LogP contribution in [0, 0.1) is 0 Å². The van der Waals surface area contributed by atoms with Gasteiger partial charge in [0, 0.05) is 18.8 Å². The molecule has 3 heteroatoms. The third-order valence-electron chi connectivity index (χ3n) is 3.29. The number of imidazole rings is 1. The summed E-state index contributed by atoms with van der Waals surface area (Å²) in [6, 6.07) is 8.35. The molecular formula is C15H21ClN2. The third kappa shape index (κ3) is 3.05. The van der Waals surface area contributed by atoms with Crippen LogP contribution in [0.25, 0.3) is 11.0 Å². The molecule has 1 aromatic carbocycles. The molecule has 18 heavy (non-hydrogen) atoms. The number of halogens is 1. The Morgan fingerprint density at radius 2 is 2.00 bits per heavy atom. The molecule has 0 saturated carbocycles. The van der Waals surface area contributed by atoms with Crippen LogP contribution >= 0.6 is 11.6 Å². The van der Waals surface area contributed by atoms with Crippen molar-refractivity contribution in [3.8, 4) is 0 Å². The van der Waals surface area contributed by atoms with E-state index in [9.17, 15) is 0 Å². The van der Waals surface area contributed by atoms with Crippen LogP contribution in [0.3, 0.4) is 0 Å². The van der Waals surface area contributed by atoms with Gasteiger partial charge in [-0.2, -0.15) is 0 Å². The second kappa shape index (κ2) is 6.79. The van der Waals surface area contributed by atoms with Gasteiger partial charge in [-0.15, -0.1) is 11.6 Å². The van der Waals surface area contributed by atoms with E-state index in [2.05, 4.69) is 34.7 Å². The van der Waals surface area contributed by atoms with Crippen LogP contribution in [0.1, 0.15) is 38.4 Å². The van der Waals surface area contributed by atoms with Crippen LogP contribution in [-0.4, -0.2) is 15.4 Å². The van der Waals surface area contributed by atoms with E-state index in [4.69, 9.17) is 11.6 Å². The van der Waals surface area contributed by atoms with Crippen LogP contribution in [0.4, 0.5) is 0 Å². The molecule has 98 valence electrons. The van der Waals surface area contributed by atoms with Gasteiger partial charge < -0.3 is 4.57 Å². The van der Waals surface area contributed by atoms with Crippen molar-refractivity contribution in [1.29, 1.82) is 0 Å². The first-order chi connectivity index (χ1) is 8.86. The van der Waals surface area contributed by atoms with Crippen molar-refractivity contribution in [3.63, 3.8) is 0 Å². The van der Waals surface area contributed by atoms with Crippen molar-refractivity contribution < 1.29 is 0 Å². The zero-order valence-corrected chi connectivity index (χ0v) is 11.8. The highest BCUT2D eigenvalue weighted by atomic mass is 35.5. The topological polar surface area (TPSA) is 17.8 Å². The molecule has 2 aromatic rings. The Hall–Kier alpha value is -1.02. The van der Waals surface area contributed by atoms with E-state index in [0.717, 1.165) is 24.3 Å². The molecule has 0 aliphatic carbocycles. The van der Waals surface area contributed by atoms with Gasteiger partial charge in [0.2, 0.25) is 0 Å². The maximum absolute atomic E-state index is 5.87. The molecule has 0 saturated heterocycles. The van der Waals surface area contributed by atoms with Gasteiger partial charge in [-0.3, -0.25) is 0 Å². The van der Waals surface area contributed by atoms with Crippen LogP contribution in [0.15, 0.2) is 24.3 Å². The standard InChI is InChI=1S/C15H21ClN2/c1-2-3-4-7-12-18-14-9-6-5-8-13(14)17-15(18)10-11-16/h5-6,8-9H,2-4,7,10-12H2,1H3. The van der Waals surface area contributed by atoms with Gasteiger partial charge in [0.25, 0.3) is 0 Å². The van der Waals surface area contributed by atoms with Crippen LogP contribution in [0.2, 0.25) is 0 Å². The number of para-hydroxylation sites is 2. The Balaban J connectivity index is 2.19. The van der Waals surface area contributed by atoms with Gasteiger partial charge in [-0.05, 0) is 18.6 Å². The molecule has 0 aliphatic heterocycles. The Morgan fingerprint density at radius 3 is 2.78 bits per heavy atom. The van der Waals surface area contributed by atoms with Crippen molar-refractivity contribution in [1.82, 2.24) is 9.55 Å². The second-order valence-corrected chi connectivity index (χ2v) is 5.05. The SMILES string of the molecule is CCCCCCn1c(CCCl)nc2ccccc21. The van der Waals surface area contributed by atoms with E-state index in [1.54, 1.807) is 0 Å². The summed E-state index contributed by atoms with van der Waals surface area (Å²) in [4.78, 5) is 4.68.